The molecule has 0 atom stereocenters. The predicted molar refractivity (Wildman–Crippen MR) is 97.2 cm³/mol. The van der Waals surface area contributed by atoms with Gasteiger partial charge in [-0.25, -0.2) is 4.39 Å². The first kappa shape index (κ1) is 18.8. The molecule has 1 heterocycles. The number of benzene rings is 2. The minimum atomic E-state index is -0.492. The Balaban J connectivity index is 1.59. The molecule has 0 radical (unpaired) electrons. The average molecular weight is 373 g/mol. The van der Waals surface area contributed by atoms with Crippen molar-refractivity contribution < 1.29 is 18.8 Å². The Labute approximate surface area is 156 Å². The lowest BCUT2D eigenvalue weighted by molar-refractivity contribution is -0.384. The highest BCUT2D eigenvalue weighted by atomic mass is 19.1. The Kier molecular flexibility index (Phi) is 5.66. The van der Waals surface area contributed by atoms with E-state index in [2.05, 4.69) is 4.90 Å². The predicted octanol–water partition coefficient (Wildman–Crippen LogP) is 2.70. The minimum Gasteiger partial charge on any atom is -0.496 e. The molecule has 1 aliphatic rings. The van der Waals surface area contributed by atoms with Crippen LogP contribution < -0.4 is 4.74 Å². The number of hydrogen-bond acceptors (Lipinski definition) is 5. The van der Waals surface area contributed by atoms with E-state index in [0.717, 1.165) is 5.56 Å². The summed E-state index contributed by atoms with van der Waals surface area (Å²) in [5, 5.41) is 10.7. The van der Waals surface area contributed by atoms with Crippen LogP contribution in [-0.4, -0.2) is 53.9 Å². The van der Waals surface area contributed by atoms with Crippen molar-refractivity contribution in [3.8, 4) is 5.75 Å². The quantitative estimate of drug-likeness (QED) is 0.595. The Morgan fingerprint density at radius 2 is 1.81 bits per heavy atom. The van der Waals surface area contributed by atoms with Gasteiger partial charge >= 0.3 is 0 Å². The van der Waals surface area contributed by atoms with Crippen molar-refractivity contribution in [2.24, 2.45) is 0 Å². The molecule has 142 valence electrons. The third kappa shape index (κ3) is 4.40. The fourth-order valence-electron chi connectivity index (χ4n) is 3.13. The summed E-state index contributed by atoms with van der Waals surface area (Å²) in [6.45, 7) is 2.91. The molecule has 2 aromatic carbocycles. The molecule has 2 aromatic rings. The molecular formula is C19H20FN3O4. The van der Waals surface area contributed by atoms with Gasteiger partial charge in [0.1, 0.15) is 11.6 Å². The molecule has 1 fully saturated rings. The molecule has 0 saturated carbocycles. The molecule has 0 unspecified atom stereocenters. The van der Waals surface area contributed by atoms with E-state index in [1.165, 1.54) is 36.4 Å². The summed E-state index contributed by atoms with van der Waals surface area (Å²) in [7, 11) is 1.55. The highest BCUT2D eigenvalue weighted by Crippen LogP contribution is 2.22. The zero-order valence-electron chi connectivity index (χ0n) is 14.9. The van der Waals surface area contributed by atoms with Crippen molar-refractivity contribution in [2.45, 2.75) is 6.54 Å². The Hall–Kier alpha value is -3.00. The van der Waals surface area contributed by atoms with Crippen molar-refractivity contribution in [1.82, 2.24) is 9.80 Å². The molecule has 0 aromatic heterocycles. The van der Waals surface area contributed by atoms with Crippen LogP contribution in [0, 0.1) is 15.9 Å². The van der Waals surface area contributed by atoms with Crippen molar-refractivity contribution >= 4 is 11.6 Å². The second kappa shape index (κ2) is 8.13. The van der Waals surface area contributed by atoms with Crippen LogP contribution in [0.2, 0.25) is 0 Å². The molecular weight excluding hydrogens is 353 g/mol. The van der Waals surface area contributed by atoms with Crippen molar-refractivity contribution in [3.63, 3.8) is 0 Å². The van der Waals surface area contributed by atoms with Gasteiger partial charge in [-0.15, -0.1) is 0 Å². The van der Waals surface area contributed by atoms with Gasteiger partial charge in [-0.1, -0.05) is 0 Å². The summed E-state index contributed by atoms with van der Waals surface area (Å²) in [5.41, 5.74) is 1.16. The molecule has 3 rings (SSSR count). The number of carbonyl (C=O) groups is 1. The van der Waals surface area contributed by atoms with E-state index in [9.17, 15) is 19.3 Å². The summed E-state index contributed by atoms with van der Waals surface area (Å²) in [6.07, 6.45) is 0. The van der Waals surface area contributed by atoms with Crippen LogP contribution in [0.3, 0.4) is 0 Å². The van der Waals surface area contributed by atoms with Gasteiger partial charge in [0.25, 0.3) is 11.6 Å². The van der Waals surface area contributed by atoms with E-state index in [1.54, 1.807) is 18.1 Å². The van der Waals surface area contributed by atoms with Gasteiger partial charge < -0.3 is 9.64 Å². The normalized spacial score (nSPS) is 14.8. The lowest BCUT2D eigenvalue weighted by Gasteiger charge is -2.35. The first-order chi connectivity index (χ1) is 13.0. The van der Waals surface area contributed by atoms with Crippen LogP contribution >= 0.6 is 0 Å². The second-order valence-corrected chi connectivity index (χ2v) is 6.33. The molecule has 0 aliphatic carbocycles. The number of methoxy groups -OCH3 is 1. The molecule has 8 heteroatoms. The standard InChI is InChI=1S/C19H20FN3O4/c1-27-18-7-4-16(20)12-15(18)13-21-8-10-22(11-9-21)19(24)14-2-5-17(6-3-14)23(25)26/h2-7,12H,8-11,13H2,1H3. The lowest BCUT2D eigenvalue weighted by Crippen LogP contribution is -2.48. The number of ether oxygens (including phenoxy) is 1. The molecule has 0 bridgehead atoms. The highest BCUT2D eigenvalue weighted by molar-refractivity contribution is 5.94. The van der Waals surface area contributed by atoms with Gasteiger partial charge in [0.15, 0.2) is 0 Å². The fraction of sp³-hybridized carbons (Fsp3) is 0.316. The molecule has 1 amide bonds. The second-order valence-electron chi connectivity index (χ2n) is 6.33. The summed E-state index contributed by atoms with van der Waals surface area (Å²) < 4.78 is 18.8. The topological polar surface area (TPSA) is 75.9 Å². The number of amides is 1. The first-order valence-electron chi connectivity index (χ1n) is 8.56. The van der Waals surface area contributed by atoms with Crippen molar-refractivity contribution in [3.05, 3.63) is 69.5 Å². The monoisotopic (exact) mass is 373 g/mol. The number of piperazine rings is 1. The number of halogens is 1. The van der Waals surface area contributed by atoms with E-state index in [1.807, 2.05) is 0 Å². The van der Waals surface area contributed by atoms with Crippen molar-refractivity contribution in [1.29, 1.82) is 0 Å². The number of non-ortho nitro benzene ring substituents is 1. The fourth-order valence-corrected chi connectivity index (χ4v) is 3.13. The lowest BCUT2D eigenvalue weighted by atomic mass is 10.1. The summed E-state index contributed by atoms with van der Waals surface area (Å²) in [4.78, 5) is 26.6. The van der Waals surface area contributed by atoms with E-state index in [0.29, 0.717) is 44.0 Å². The molecule has 27 heavy (non-hydrogen) atoms. The number of carbonyl (C=O) groups excluding carboxylic acids is 1. The molecule has 0 N–H and O–H groups in total. The van der Waals surface area contributed by atoms with Crippen LogP contribution in [0.15, 0.2) is 42.5 Å². The van der Waals surface area contributed by atoms with Gasteiger partial charge in [0.05, 0.1) is 12.0 Å². The van der Waals surface area contributed by atoms with E-state index < -0.39 is 4.92 Å². The van der Waals surface area contributed by atoms with Crippen LogP contribution in [0.1, 0.15) is 15.9 Å². The number of rotatable bonds is 5. The first-order valence-corrected chi connectivity index (χ1v) is 8.56. The third-order valence-corrected chi connectivity index (χ3v) is 4.62. The number of nitro groups is 1. The van der Waals surface area contributed by atoms with Gasteiger partial charge in [0, 0.05) is 56.0 Å². The summed E-state index contributed by atoms with van der Waals surface area (Å²) >= 11 is 0. The summed E-state index contributed by atoms with van der Waals surface area (Å²) in [6, 6.07) is 10.1. The molecule has 0 spiro atoms. The van der Waals surface area contributed by atoms with E-state index in [4.69, 9.17) is 4.74 Å². The number of hydrogen-bond donors (Lipinski definition) is 0. The van der Waals surface area contributed by atoms with Crippen LogP contribution in [0.4, 0.5) is 10.1 Å². The van der Waals surface area contributed by atoms with E-state index in [-0.39, 0.29) is 17.4 Å². The highest BCUT2D eigenvalue weighted by Gasteiger charge is 2.23. The number of nitrogens with zero attached hydrogens (tertiary/aromatic N) is 3. The average Bonchev–Trinajstić information content (AvgIpc) is 2.68. The van der Waals surface area contributed by atoms with Crippen molar-refractivity contribution in [2.75, 3.05) is 33.3 Å². The Morgan fingerprint density at radius 1 is 1.15 bits per heavy atom. The SMILES string of the molecule is COc1ccc(F)cc1CN1CCN(C(=O)c2ccc([N+](=O)[O-])cc2)CC1. The van der Waals surface area contributed by atoms with Crippen LogP contribution in [0.25, 0.3) is 0 Å². The maximum Gasteiger partial charge on any atom is 0.269 e. The van der Waals surface area contributed by atoms with Gasteiger partial charge in [-0.2, -0.15) is 0 Å². The van der Waals surface area contributed by atoms with Gasteiger partial charge in [-0.3, -0.25) is 19.8 Å². The summed E-state index contributed by atoms with van der Waals surface area (Å²) in [5.74, 6) is 0.187. The van der Waals surface area contributed by atoms with Crippen LogP contribution in [0.5, 0.6) is 5.75 Å². The Morgan fingerprint density at radius 3 is 2.41 bits per heavy atom. The molecule has 7 nitrogen and oxygen atoms in total. The minimum absolute atomic E-state index is 0.0413. The van der Waals surface area contributed by atoms with Crippen LogP contribution in [-0.2, 0) is 6.54 Å². The molecule has 1 saturated heterocycles. The zero-order valence-corrected chi connectivity index (χ0v) is 14.9. The maximum atomic E-state index is 13.5. The van der Waals surface area contributed by atoms with Gasteiger partial charge in [-0.05, 0) is 30.3 Å². The number of nitro benzene ring substituents is 1. The third-order valence-electron chi connectivity index (χ3n) is 4.62. The maximum absolute atomic E-state index is 13.5. The zero-order chi connectivity index (χ0) is 19.4. The Bertz CT molecular complexity index is 833. The van der Waals surface area contributed by atoms with E-state index >= 15 is 0 Å². The largest absolute Gasteiger partial charge is 0.496 e. The smallest absolute Gasteiger partial charge is 0.269 e. The molecule has 1 aliphatic heterocycles. The van der Waals surface area contributed by atoms with Gasteiger partial charge in [0.2, 0.25) is 0 Å².